The fourth-order valence-corrected chi connectivity index (χ4v) is 5.15. The maximum atomic E-state index is 13.7. The molecule has 170 valence electrons. The van der Waals surface area contributed by atoms with Gasteiger partial charge >= 0.3 is 0 Å². The van der Waals surface area contributed by atoms with Crippen LogP contribution < -0.4 is 9.64 Å². The number of Topliss-reactive ketones (excluding diaryl/α,β-unsaturated/α-hetero) is 1. The highest BCUT2D eigenvalue weighted by Gasteiger charge is 2.37. The van der Waals surface area contributed by atoms with E-state index in [-0.39, 0.29) is 5.92 Å². The van der Waals surface area contributed by atoms with E-state index in [1.54, 1.807) is 7.11 Å². The molecule has 0 spiro atoms. The number of carbonyl (C=O) groups excluding carboxylic acids is 1. The van der Waals surface area contributed by atoms with Crippen LogP contribution in [0.15, 0.2) is 66.9 Å². The second-order valence-electron chi connectivity index (χ2n) is 9.28. The Bertz CT molecular complexity index is 912. The Kier molecular flexibility index (Phi) is 7.19. The van der Waals surface area contributed by atoms with E-state index in [4.69, 9.17) is 4.74 Å². The van der Waals surface area contributed by atoms with Gasteiger partial charge in [0.15, 0.2) is 0 Å². The largest absolute Gasteiger partial charge is 0.495 e. The number of ketones is 1. The number of rotatable bonds is 7. The third-order valence-corrected chi connectivity index (χ3v) is 7.22. The molecule has 0 radical (unpaired) electrons. The molecule has 0 N–H and O–H groups in total. The average Bonchev–Trinajstić information content (AvgIpc) is 2.88. The molecule has 4 rings (SSSR count). The minimum atomic E-state index is -0.580. The summed E-state index contributed by atoms with van der Waals surface area (Å²) in [6.45, 7) is 5.83. The number of piperazine rings is 1. The van der Waals surface area contributed by atoms with Gasteiger partial charge in [0, 0.05) is 32.1 Å². The number of nitrogens with zero attached hydrogens (tertiary/aromatic N) is 2. The number of allylic oxidation sites excluding steroid dienone is 1. The van der Waals surface area contributed by atoms with E-state index in [9.17, 15) is 4.79 Å². The Morgan fingerprint density at radius 1 is 0.938 bits per heavy atom. The van der Waals surface area contributed by atoms with Crippen LogP contribution in [0.1, 0.15) is 44.6 Å². The van der Waals surface area contributed by atoms with Crippen LogP contribution in [0.2, 0.25) is 0 Å². The third kappa shape index (κ3) is 4.85. The summed E-state index contributed by atoms with van der Waals surface area (Å²) in [6.07, 6.45) is 10.0. The first-order valence-corrected chi connectivity index (χ1v) is 12.0. The number of ether oxygens (including phenoxy) is 1. The lowest BCUT2D eigenvalue weighted by molar-refractivity contribution is -0.127. The van der Waals surface area contributed by atoms with Gasteiger partial charge in [-0.3, -0.25) is 4.79 Å². The second-order valence-corrected chi connectivity index (χ2v) is 9.28. The molecule has 4 nitrogen and oxygen atoms in total. The number of anilines is 1. The topological polar surface area (TPSA) is 32.8 Å². The normalized spacial score (nSPS) is 19.7. The SMILES string of the molecule is COc1ccccc1N1CCN(/C=C/[C@](C)(C(=O)C2CCCCC2)c2ccccc2)CC1. The van der Waals surface area contributed by atoms with Crippen molar-refractivity contribution in [3.63, 3.8) is 0 Å². The van der Waals surface area contributed by atoms with Crippen LogP contribution in [0, 0.1) is 5.92 Å². The Morgan fingerprint density at radius 2 is 1.59 bits per heavy atom. The monoisotopic (exact) mass is 432 g/mol. The molecule has 0 aromatic heterocycles. The van der Waals surface area contributed by atoms with Crippen molar-refractivity contribution < 1.29 is 9.53 Å². The van der Waals surface area contributed by atoms with E-state index in [1.165, 1.54) is 19.3 Å². The minimum absolute atomic E-state index is 0.181. The van der Waals surface area contributed by atoms with E-state index < -0.39 is 5.41 Å². The fraction of sp³-hybridized carbons (Fsp3) is 0.464. The van der Waals surface area contributed by atoms with E-state index in [0.717, 1.165) is 56.0 Å². The lowest BCUT2D eigenvalue weighted by Crippen LogP contribution is -2.44. The minimum Gasteiger partial charge on any atom is -0.495 e. The van der Waals surface area contributed by atoms with Gasteiger partial charge in [-0.1, -0.05) is 67.8 Å². The number of benzene rings is 2. The van der Waals surface area contributed by atoms with Gasteiger partial charge in [-0.25, -0.2) is 0 Å². The predicted molar refractivity (Wildman–Crippen MR) is 131 cm³/mol. The molecule has 1 heterocycles. The Balaban J connectivity index is 1.48. The Labute approximate surface area is 192 Å². The summed E-state index contributed by atoms with van der Waals surface area (Å²) in [5.41, 5.74) is 1.67. The summed E-state index contributed by atoms with van der Waals surface area (Å²) in [5, 5.41) is 0. The summed E-state index contributed by atoms with van der Waals surface area (Å²) in [5.74, 6) is 1.49. The van der Waals surface area contributed by atoms with Crippen molar-refractivity contribution in [1.82, 2.24) is 4.90 Å². The van der Waals surface area contributed by atoms with E-state index in [0.29, 0.717) is 5.78 Å². The van der Waals surface area contributed by atoms with Crippen LogP contribution >= 0.6 is 0 Å². The standard InChI is InChI=1S/C28H36N2O2/c1-28(24-13-7-4-8-14-24,27(31)23-11-5-3-6-12-23)17-18-29-19-21-30(22-20-29)25-15-9-10-16-26(25)32-2/h4,7-10,13-18,23H,3,5-6,11-12,19-22H2,1-2H3/b18-17+/t28-/m0/s1. The number of para-hydroxylation sites is 2. The number of hydrogen-bond donors (Lipinski definition) is 0. The summed E-state index contributed by atoms with van der Waals surface area (Å²) in [6, 6.07) is 18.5. The first-order chi connectivity index (χ1) is 15.6. The first-order valence-electron chi connectivity index (χ1n) is 12.0. The zero-order valence-corrected chi connectivity index (χ0v) is 19.5. The lowest BCUT2D eigenvalue weighted by atomic mass is 9.70. The van der Waals surface area contributed by atoms with Crippen molar-refractivity contribution in [2.45, 2.75) is 44.4 Å². The molecule has 1 aliphatic carbocycles. The molecule has 1 atom stereocenters. The summed E-state index contributed by atoms with van der Waals surface area (Å²) < 4.78 is 5.54. The van der Waals surface area contributed by atoms with Crippen LogP contribution in [-0.4, -0.2) is 44.0 Å². The van der Waals surface area contributed by atoms with Crippen LogP contribution in [0.5, 0.6) is 5.75 Å². The van der Waals surface area contributed by atoms with Gasteiger partial charge in [-0.05, 0) is 43.7 Å². The van der Waals surface area contributed by atoms with Crippen LogP contribution in [0.3, 0.4) is 0 Å². The van der Waals surface area contributed by atoms with Crippen molar-refractivity contribution >= 4 is 11.5 Å². The highest BCUT2D eigenvalue weighted by Crippen LogP contribution is 2.36. The second kappa shape index (κ2) is 10.2. The number of carbonyl (C=O) groups is 1. The van der Waals surface area contributed by atoms with Crippen molar-refractivity contribution in [3.8, 4) is 5.75 Å². The summed E-state index contributed by atoms with van der Waals surface area (Å²) >= 11 is 0. The lowest BCUT2D eigenvalue weighted by Gasteiger charge is -2.37. The summed E-state index contributed by atoms with van der Waals surface area (Å²) in [4.78, 5) is 18.4. The molecule has 4 heteroatoms. The van der Waals surface area contributed by atoms with Crippen molar-refractivity contribution in [3.05, 3.63) is 72.4 Å². The number of hydrogen-bond acceptors (Lipinski definition) is 4. The zero-order chi connectivity index (χ0) is 22.4. The molecule has 32 heavy (non-hydrogen) atoms. The van der Waals surface area contributed by atoms with Crippen molar-refractivity contribution in [1.29, 1.82) is 0 Å². The fourth-order valence-electron chi connectivity index (χ4n) is 5.15. The maximum Gasteiger partial charge on any atom is 0.150 e. The molecule has 0 amide bonds. The van der Waals surface area contributed by atoms with Crippen LogP contribution in [0.4, 0.5) is 5.69 Å². The zero-order valence-electron chi connectivity index (χ0n) is 19.5. The van der Waals surface area contributed by atoms with Gasteiger partial charge in [-0.2, -0.15) is 0 Å². The molecule has 2 aliphatic rings. The van der Waals surface area contributed by atoms with E-state index >= 15 is 0 Å². The van der Waals surface area contributed by atoms with Gasteiger partial charge in [-0.15, -0.1) is 0 Å². The molecule has 0 bridgehead atoms. The smallest absolute Gasteiger partial charge is 0.150 e. The van der Waals surface area contributed by atoms with E-state index in [2.05, 4.69) is 53.3 Å². The van der Waals surface area contributed by atoms with E-state index in [1.807, 2.05) is 30.3 Å². The van der Waals surface area contributed by atoms with Gasteiger partial charge < -0.3 is 14.5 Å². The molecule has 0 unspecified atom stereocenters. The molecule has 1 saturated heterocycles. The Morgan fingerprint density at radius 3 is 2.28 bits per heavy atom. The molecule has 1 saturated carbocycles. The Hall–Kier alpha value is -2.75. The highest BCUT2D eigenvalue weighted by atomic mass is 16.5. The van der Waals surface area contributed by atoms with Gasteiger partial charge in [0.05, 0.1) is 18.2 Å². The van der Waals surface area contributed by atoms with Crippen molar-refractivity contribution in [2.24, 2.45) is 5.92 Å². The molecule has 2 fully saturated rings. The molecular weight excluding hydrogens is 396 g/mol. The average molecular weight is 433 g/mol. The summed E-state index contributed by atoms with van der Waals surface area (Å²) in [7, 11) is 1.73. The predicted octanol–water partition coefficient (Wildman–Crippen LogP) is 5.44. The van der Waals surface area contributed by atoms with Crippen LogP contribution in [0.25, 0.3) is 0 Å². The quantitative estimate of drug-likeness (QED) is 0.583. The van der Waals surface area contributed by atoms with Gasteiger partial charge in [0.2, 0.25) is 0 Å². The molecule has 2 aromatic rings. The maximum absolute atomic E-state index is 13.7. The van der Waals surface area contributed by atoms with Gasteiger partial charge in [0.1, 0.15) is 11.5 Å². The van der Waals surface area contributed by atoms with Crippen molar-refractivity contribution in [2.75, 3.05) is 38.2 Å². The van der Waals surface area contributed by atoms with Crippen LogP contribution in [-0.2, 0) is 10.2 Å². The highest BCUT2D eigenvalue weighted by molar-refractivity contribution is 5.93. The first kappa shape index (κ1) is 22.4. The third-order valence-electron chi connectivity index (χ3n) is 7.22. The number of methoxy groups -OCH3 is 1. The molecule has 2 aromatic carbocycles. The van der Waals surface area contributed by atoms with Gasteiger partial charge in [0.25, 0.3) is 0 Å². The molecule has 1 aliphatic heterocycles. The molecular formula is C28H36N2O2.